The Morgan fingerprint density at radius 3 is 1.67 bits per heavy atom. The minimum atomic E-state index is -0.826. The second-order valence-corrected chi connectivity index (χ2v) is 19.4. The fourth-order valence-electron chi connectivity index (χ4n) is 7.25. The van der Waals surface area contributed by atoms with Crippen molar-refractivity contribution in [2.75, 3.05) is 0 Å². The molecule has 2 radical (unpaired) electrons. The molecular weight excluding hydrogens is 755 g/mol. The van der Waals surface area contributed by atoms with Crippen LogP contribution in [0.5, 0.6) is 0 Å². The van der Waals surface area contributed by atoms with Crippen LogP contribution in [0, 0.1) is 12.8 Å². The predicted molar refractivity (Wildman–Crippen MR) is 227 cm³/mol. The van der Waals surface area contributed by atoms with Gasteiger partial charge in [-0.25, -0.2) is 0 Å². The van der Waals surface area contributed by atoms with Crippen molar-refractivity contribution >= 4 is 48.1 Å². The molecule has 0 heterocycles. The van der Waals surface area contributed by atoms with E-state index < -0.39 is 20.8 Å². The third-order valence-electron chi connectivity index (χ3n) is 10.4. The van der Waals surface area contributed by atoms with E-state index in [0.29, 0.717) is 11.8 Å². The van der Waals surface area contributed by atoms with Crippen LogP contribution in [-0.4, -0.2) is 9.52 Å². The van der Waals surface area contributed by atoms with Gasteiger partial charge in [0.25, 0.3) is 0 Å². The average molecular weight is 811 g/mol. The van der Waals surface area contributed by atoms with Gasteiger partial charge in [-0.1, -0.05) is 139 Å². The summed E-state index contributed by atoms with van der Waals surface area (Å²) in [5, 5.41) is 5.53. The molecule has 266 valence electrons. The molecular formula is C47H56Cl2SiZr. The van der Waals surface area contributed by atoms with Crippen LogP contribution in [-0.2, 0) is 20.8 Å². The molecule has 1 aliphatic rings. The Morgan fingerprint density at radius 1 is 0.706 bits per heavy atom. The number of halogens is 2. The summed E-state index contributed by atoms with van der Waals surface area (Å²) in [6.45, 7) is 17.9. The molecule has 51 heavy (non-hydrogen) atoms. The summed E-state index contributed by atoms with van der Waals surface area (Å²) in [6.07, 6.45) is 6.67. The van der Waals surface area contributed by atoms with Gasteiger partial charge in [0.2, 0.25) is 0 Å². The van der Waals surface area contributed by atoms with E-state index in [0.717, 1.165) is 21.4 Å². The number of rotatable bonds is 6. The van der Waals surface area contributed by atoms with E-state index in [1.54, 1.807) is 5.56 Å². The van der Waals surface area contributed by atoms with Gasteiger partial charge in [0.05, 0.1) is 0 Å². The molecule has 6 aromatic rings. The first-order valence-electron chi connectivity index (χ1n) is 18.7. The maximum atomic E-state index is 4.93. The molecule has 1 atom stereocenters. The summed E-state index contributed by atoms with van der Waals surface area (Å²) in [5.41, 5.74) is 11.1. The predicted octanol–water partition coefficient (Wildman–Crippen LogP) is 15.9. The second-order valence-electron chi connectivity index (χ2n) is 14.7. The van der Waals surface area contributed by atoms with Gasteiger partial charge in [-0.3, -0.25) is 0 Å². The molecule has 0 aliphatic heterocycles. The Kier molecular flexibility index (Phi) is 17.0. The van der Waals surface area contributed by atoms with Crippen LogP contribution in [0.15, 0.2) is 109 Å². The molecule has 0 N–H and O–H groups in total. The van der Waals surface area contributed by atoms with Crippen LogP contribution < -0.4 is 0 Å². The SMILES string of the molecule is CC1CCC(c2cc3c(-c4ccc(C(C)C)cc4)cccc3[cH-]2)CC1.CCC(C)c1ccc(-c2cccc3[cH-]c(C)cc23)cc1.C[Si]C.[Cl][Zr+2][Cl]. The van der Waals surface area contributed by atoms with Crippen LogP contribution in [0.4, 0.5) is 0 Å². The zero-order valence-electron chi connectivity index (χ0n) is 32.0. The maximum absolute atomic E-state index is 4.93. The van der Waals surface area contributed by atoms with Crippen molar-refractivity contribution in [2.24, 2.45) is 5.92 Å². The van der Waals surface area contributed by atoms with Gasteiger partial charge in [-0.2, -0.15) is 12.1 Å². The van der Waals surface area contributed by atoms with Crippen LogP contribution in [0.25, 0.3) is 43.8 Å². The van der Waals surface area contributed by atoms with Crippen molar-refractivity contribution in [2.45, 2.75) is 104 Å². The van der Waals surface area contributed by atoms with Crippen molar-refractivity contribution in [3.8, 4) is 22.3 Å². The van der Waals surface area contributed by atoms with E-state index in [9.17, 15) is 0 Å². The van der Waals surface area contributed by atoms with Gasteiger partial charge in [-0.15, -0.1) is 69.1 Å². The summed E-state index contributed by atoms with van der Waals surface area (Å²) >= 11 is -0.826. The van der Waals surface area contributed by atoms with Crippen molar-refractivity contribution in [3.05, 3.63) is 131 Å². The van der Waals surface area contributed by atoms with Gasteiger partial charge < -0.3 is 0 Å². The first-order chi connectivity index (χ1) is 24.6. The molecule has 0 spiro atoms. The molecule has 6 aromatic carbocycles. The molecule has 1 aliphatic carbocycles. The second kappa shape index (κ2) is 20.9. The number of hydrogen-bond donors (Lipinski definition) is 0. The Labute approximate surface area is 330 Å². The topological polar surface area (TPSA) is 0 Å². The first-order valence-corrected chi connectivity index (χ1v) is 27.1. The van der Waals surface area contributed by atoms with Crippen LogP contribution in [0.2, 0.25) is 13.1 Å². The van der Waals surface area contributed by atoms with Gasteiger partial charge in [0, 0.05) is 9.52 Å². The Balaban J connectivity index is 0.000000202. The summed E-state index contributed by atoms with van der Waals surface area (Å²) < 4.78 is 0. The normalized spacial score (nSPS) is 15.9. The molecule has 1 fully saturated rings. The third kappa shape index (κ3) is 11.4. The van der Waals surface area contributed by atoms with E-state index >= 15 is 0 Å². The molecule has 1 unspecified atom stereocenters. The van der Waals surface area contributed by atoms with E-state index in [1.165, 1.54) is 92.6 Å². The van der Waals surface area contributed by atoms with Gasteiger partial charge in [0.15, 0.2) is 0 Å². The van der Waals surface area contributed by atoms with Gasteiger partial charge in [-0.05, 0) is 65.2 Å². The Hall–Kier alpha value is -2.22. The number of hydrogen-bond acceptors (Lipinski definition) is 0. The first kappa shape index (κ1) is 41.5. The van der Waals surface area contributed by atoms with Crippen molar-refractivity contribution in [1.82, 2.24) is 0 Å². The van der Waals surface area contributed by atoms with E-state index in [-0.39, 0.29) is 0 Å². The quantitative estimate of drug-likeness (QED) is 0.116. The molecule has 0 amide bonds. The Bertz CT molecular complexity index is 1890. The van der Waals surface area contributed by atoms with Crippen LogP contribution >= 0.6 is 17.0 Å². The molecule has 0 bridgehead atoms. The van der Waals surface area contributed by atoms with Gasteiger partial charge in [0.1, 0.15) is 0 Å². The molecule has 0 aromatic heterocycles. The number of aryl methyl sites for hydroxylation is 1. The summed E-state index contributed by atoms with van der Waals surface area (Å²) in [6, 6.07) is 41.0. The van der Waals surface area contributed by atoms with E-state index in [4.69, 9.17) is 17.0 Å². The minimum absolute atomic E-state index is 0.587. The fraction of sp³-hybridized carbons (Fsp3) is 0.362. The molecule has 4 heteroatoms. The van der Waals surface area contributed by atoms with Crippen LogP contribution in [0.1, 0.15) is 107 Å². The summed E-state index contributed by atoms with van der Waals surface area (Å²) in [5.74, 6) is 2.90. The monoisotopic (exact) mass is 808 g/mol. The molecule has 1 saturated carbocycles. The van der Waals surface area contributed by atoms with E-state index in [2.05, 4.69) is 164 Å². The van der Waals surface area contributed by atoms with E-state index in [1.807, 2.05) is 0 Å². The molecule has 0 nitrogen and oxygen atoms in total. The standard InChI is InChI=1S/C25H29.C20H21.C2H6Si.2ClH.Zr/c1-17(2)19-11-13-21(14-12-19)24-6-4-5-22-15-23(16-25(22)24)20-9-7-18(3)8-10-20;1-4-15(3)16-8-10-17(11-9-16)19-7-5-6-18-12-14(2)13-20(18)19;1-3-2;;;/h4-6,11-18,20H,7-10H2,1-3H3;5-13,15H,4H2,1-3H3;1-2H3;2*1H;/q2*-1;;;;+4/p-2. The molecule has 7 rings (SSSR count). The average Bonchev–Trinajstić information content (AvgIpc) is 3.76. The van der Waals surface area contributed by atoms with Crippen molar-refractivity contribution in [3.63, 3.8) is 0 Å². The number of benzene rings is 4. The fourth-order valence-corrected chi connectivity index (χ4v) is 7.25. The summed E-state index contributed by atoms with van der Waals surface area (Å²) in [7, 11) is 11.0. The zero-order valence-corrected chi connectivity index (χ0v) is 37.0. The summed E-state index contributed by atoms with van der Waals surface area (Å²) in [4.78, 5) is 0. The van der Waals surface area contributed by atoms with Gasteiger partial charge >= 0.3 is 37.9 Å². The Morgan fingerprint density at radius 2 is 1.18 bits per heavy atom. The number of fused-ring (bicyclic) bond motifs is 2. The zero-order chi connectivity index (χ0) is 36.9. The third-order valence-corrected chi connectivity index (χ3v) is 10.4. The molecule has 0 saturated heterocycles. The van der Waals surface area contributed by atoms with Crippen LogP contribution in [0.3, 0.4) is 0 Å². The van der Waals surface area contributed by atoms with Crippen molar-refractivity contribution < 1.29 is 20.8 Å². The van der Waals surface area contributed by atoms with Crippen molar-refractivity contribution in [1.29, 1.82) is 0 Å².